The van der Waals surface area contributed by atoms with E-state index in [4.69, 9.17) is 37.0 Å². The first-order chi connectivity index (χ1) is 44.7. The number of rotatable bonds is 71. The standard InChI is InChI=1S/C74H144O17P2/c1-9-66(7)52-44-36-30-32-39-47-55-72(77)85-61-70(91-74(79)57-49-41-33-31-37-45-53-67(8)10-2)63-89-93(82,83)87-59-68(75)58-86-92(80,81)88-62-69(90-73(78)56-48-40-29-25-21-23-27-35-43-51-65(5)6)60-84-71(76)54-46-38-28-24-20-18-16-14-12-11-13-15-17-19-22-26-34-42-50-64(3)4/h64-70,75H,9-63H2,1-8H3,(H,80,81)(H,82,83)/t66?,67?,68-,69-,70-/m1/s1. The molecule has 3 N–H and O–H groups in total. The van der Waals surface area contributed by atoms with Gasteiger partial charge in [-0.15, -0.1) is 0 Å². The van der Waals surface area contributed by atoms with Gasteiger partial charge in [-0.2, -0.15) is 0 Å². The van der Waals surface area contributed by atoms with E-state index in [1.165, 1.54) is 167 Å². The zero-order chi connectivity index (χ0) is 68.9. The number of esters is 4. The van der Waals surface area contributed by atoms with Crippen LogP contribution in [0.5, 0.6) is 0 Å². The van der Waals surface area contributed by atoms with Gasteiger partial charge in [0.05, 0.1) is 26.4 Å². The molecule has 17 nitrogen and oxygen atoms in total. The fraction of sp³-hybridized carbons (Fsp3) is 0.946. The minimum absolute atomic E-state index is 0.102. The van der Waals surface area contributed by atoms with E-state index < -0.39 is 97.5 Å². The molecule has 0 spiro atoms. The zero-order valence-electron chi connectivity index (χ0n) is 60.9. The molecule has 0 fully saturated rings. The lowest BCUT2D eigenvalue weighted by Crippen LogP contribution is -2.30. The molecule has 0 aliphatic rings. The van der Waals surface area contributed by atoms with E-state index in [1.807, 2.05) is 0 Å². The van der Waals surface area contributed by atoms with E-state index in [0.717, 1.165) is 120 Å². The Labute approximate surface area is 568 Å². The largest absolute Gasteiger partial charge is 0.472 e. The highest BCUT2D eigenvalue weighted by Gasteiger charge is 2.30. The van der Waals surface area contributed by atoms with Crippen molar-refractivity contribution in [2.75, 3.05) is 39.6 Å². The molecular formula is C74H144O17P2. The molecule has 0 radical (unpaired) electrons. The van der Waals surface area contributed by atoms with E-state index in [2.05, 4.69) is 55.4 Å². The number of phosphoric ester groups is 2. The number of unbranched alkanes of at least 4 members (excludes halogenated alkanes) is 35. The van der Waals surface area contributed by atoms with E-state index in [9.17, 15) is 43.2 Å². The lowest BCUT2D eigenvalue weighted by molar-refractivity contribution is -0.161. The van der Waals surface area contributed by atoms with Gasteiger partial charge in [-0.05, 0) is 49.4 Å². The van der Waals surface area contributed by atoms with Crippen LogP contribution in [0.25, 0.3) is 0 Å². The summed E-state index contributed by atoms with van der Waals surface area (Å²) in [5, 5.41) is 10.6. The lowest BCUT2D eigenvalue weighted by Gasteiger charge is -2.21. The topological polar surface area (TPSA) is 237 Å². The Balaban J connectivity index is 5.16. The minimum Gasteiger partial charge on any atom is -0.462 e. The monoisotopic (exact) mass is 1370 g/mol. The summed E-state index contributed by atoms with van der Waals surface area (Å²) in [6.07, 6.45) is 47.5. The van der Waals surface area contributed by atoms with Gasteiger partial charge in [-0.3, -0.25) is 37.3 Å². The van der Waals surface area contributed by atoms with E-state index in [1.54, 1.807) is 0 Å². The van der Waals surface area contributed by atoms with Crippen molar-refractivity contribution < 1.29 is 80.2 Å². The molecule has 0 aliphatic carbocycles. The molecule has 93 heavy (non-hydrogen) atoms. The summed E-state index contributed by atoms with van der Waals surface area (Å²) in [5.41, 5.74) is 0. The molecule has 552 valence electrons. The highest BCUT2D eigenvalue weighted by Crippen LogP contribution is 2.45. The average Bonchev–Trinajstić information content (AvgIpc) is 2.49. The van der Waals surface area contributed by atoms with E-state index in [-0.39, 0.29) is 25.7 Å². The molecule has 4 unspecified atom stereocenters. The first-order valence-electron chi connectivity index (χ1n) is 38.3. The van der Waals surface area contributed by atoms with Crippen LogP contribution in [0.3, 0.4) is 0 Å². The molecule has 0 saturated carbocycles. The molecule has 0 amide bonds. The Kier molecular flexibility index (Phi) is 62.2. The Morgan fingerprint density at radius 3 is 0.763 bits per heavy atom. The highest BCUT2D eigenvalue weighted by atomic mass is 31.2. The van der Waals surface area contributed by atoms with Crippen LogP contribution in [0.4, 0.5) is 0 Å². The highest BCUT2D eigenvalue weighted by molar-refractivity contribution is 7.47. The molecule has 7 atom stereocenters. The first-order valence-corrected chi connectivity index (χ1v) is 41.3. The summed E-state index contributed by atoms with van der Waals surface area (Å²) in [6, 6.07) is 0. The van der Waals surface area contributed by atoms with Crippen molar-refractivity contribution >= 4 is 39.5 Å². The van der Waals surface area contributed by atoms with Crippen LogP contribution < -0.4 is 0 Å². The van der Waals surface area contributed by atoms with Gasteiger partial charge in [-0.1, -0.05) is 319 Å². The maximum Gasteiger partial charge on any atom is 0.472 e. The summed E-state index contributed by atoms with van der Waals surface area (Å²) in [4.78, 5) is 72.6. The SMILES string of the molecule is CCC(C)CCCCCCCCC(=O)OC[C@H](COP(=O)(O)OC[C@H](O)COP(=O)(O)OC[C@@H](COC(=O)CCCCCCCCCCCCCCCCCCCCC(C)C)OC(=O)CCCCCCCCCCCC(C)C)OC(=O)CCCCCCCCC(C)CC. The Hall–Kier alpha value is -1.94. The van der Waals surface area contributed by atoms with Gasteiger partial charge in [0.1, 0.15) is 19.3 Å². The smallest absolute Gasteiger partial charge is 0.462 e. The van der Waals surface area contributed by atoms with Crippen molar-refractivity contribution in [2.24, 2.45) is 23.7 Å². The van der Waals surface area contributed by atoms with Crippen molar-refractivity contribution in [3.8, 4) is 0 Å². The predicted octanol–water partition coefficient (Wildman–Crippen LogP) is 21.3. The normalized spacial score (nSPS) is 14.8. The number of ether oxygens (including phenoxy) is 4. The third-order valence-electron chi connectivity index (χ3n) is 17.8. The van der Waals surface area contributed by atoms with Crippen LogP contribution in [0.15, 0.2) is 0 Å². The van der Waals surface area contributed by atoms with Crippen molar-refractivity contribution in [1.29, 1.82) is 0 Å². The van der Waals surface area contributed by atoms with Gasteiger partial charge in [-0.25, -0.2) is 9.13 Å². The summed E-state index contributed by atoms with van der Waals surface area (Å²) < 4.78 is 68.3. The second-order valence-corrected chi connectivity index (χ2v) is 31.0. The summed E-state index contributed by atoms with van der Waals surface area (Å²) >= 11 is 0. The molecule has 0 rings (SSSR count). The van der Waals surface area contributed by atoms with Crippen molar-refractivity contribution in [1.82, 2.24) is 0 Å². The Morgan fingerprint density at radius 2 is 0.516 bits per heavy atom. The van der Waals surface area contributed by atoms with Gasteiger partial charge in [0.2, 0.25) is 0 Å². The Bertz CT molecular complexity index is 1840. The zero-order valence-corrected chi connectivity index (χ0v) is 62.7. The van der Waals surface area contributed by atoms with Gasteiger partial charge in [0.15, 0.2) is 12.2 Å². The molecule has 0 saturated heterocycles. The molecule has 0 aromatic heterocycles. The lowest BCUT2D eigenvalue weighted by atomic mass is 10.00. The number of hydrogen-bond donors (Lipinski definition) is 3. The number of hydrogen-bond acceptors (Lipinski definition) is 15. The van der Waals surface area contributed by atoms with Crippen LogP contribution in [-0.2, 0) is 65.4 Å². The number of carbonyl (C=O) groups is 4. The van der Waals surface area contributed by atoms with Gasteiger partial charge >= 0.3 is 39.5 Å². The maximum atomic E-state index is 13.1. The molecule has 0 aromatic rings. The van der Waals surface area contributed by atoms with Gasteiger partial charge in [0, 0.05) is 25.7 Å². The third-order valence-corrected chi connectivity index (χ3v) is 19.7. The maximum absolute atomic E-state index is 13.1. The second-order valence-electron chi connectivity index (χ2n) is 28.1. The van der Waals surface area contributed by atoms with Crippen molar-refractivity contribution in [2.45, 2.75) is 388 Å². The van der Waals surface area contributed by atoms with Crippen LogP contribution in [0.2, 0.25) is 0 Å². The molecular weight excluding hydrogens is 1220 g/mol. The minimum atomic E-state index is -4.96. The fourth-order valence-electron chi connectivity index (χ4n) is 11.1. The molecule has 0 aliphatic heterocycles. The number of phosphoric acid groups is 2. The summed E-state index contributed by atoms with van der Waals surface area (Å²) in [7, 11) is -9.91. The van der Waals surface area contributed by atoms with Crippen molar-refractivity contribution in [3.63, 3.8) is 0 Å². The van der Waals surface area contributed by atoms with Crippen LogP contribution in [0, 0.1) is 23.7 Å². The second kappa shape index (κ2) is 63.5. The summed E-state index contributed by atoms with van der Waals surface area (Å²) in [5.74, 6) is 0.881. The van der Waals surface area contributed by atoms with E-state index >= 15 is 0 Å². The summed E-state index contributed by atoms with van der Waals surface area (Å²) in [6.45, 7) is 14.1. The van der Waals surface area contributed by atoms with Gasteiger partial charge in [0.25, 0.3) is 0 Å². The van der Waals surface area contributed by atoms with Crippen LogP contribution in [0.1, 0.15) is 370 Å². The quantitative estimate of drug-likeness (QED) is 0.0222. The third kappa shape index (κ3) is 65.8. The number of aliphatic hydroxyl groups excluding tert-OH is 1. The average molecular weight is 1370 g/mol. The molecule has 0 bridgehead atoms. The predicted molar refractivity (Wildman–Crippen MR) is 377 cm³/mol. The first kappa shape index (κ1) is 91.1. The molecule has 0 heterocycles. The number of carbonyl (C=O) groups excluding carboxylic acids is 4. The Morgan fingerprint density at radius 1 is 0.301 bits per heavy atom. The number of aliphatic hydroxyl groups is 1. The fourth-order valence-corrected chi connectivity index (χ4v) is 12.7. The van der Waals surface area contributed by atoms with Crippen LogP contribution in [-0.4, -0.2) is 96.7 Å². The molecule has 0 aromatic carbocycles. The van der Waals surface area contributed by atoms with E-state index in [0.29, 0.717) is 25.7 Å². The van der Waals surface area contributed by atoms with Crippen molar-refractivity contribution in [3.05, 3.63) is 0 Å². The van der Waals surface area contributed by atoms with Gasteiger partial charge < -0.3 is 33.8 Å². The van der Waals surface area contributed by atoms with Crippen LogP contribution >= 0.6 is 15.6 Å². The molecule has 19 heteroatoms.